The van der Waals surface area contributed by atoms with Gasteiger partial charge in [-0.15, -0.1) is 0 Å². The highest BCUT2D eigenvalue weighted by atomic mass is 31.2. The Kier molecular flexibility index (Phi) is 64.9. The predicted octanol–water partition coefficient (Wildman–Crippen LogP) is 23.0. The van der Waals surface area contributed by atoms with Crippen LogP contribution < -0.4 is 10.2 Å². The van der Waals surface area contributed by atoms with Crippen LogP contribution in [0.1, 0.15) is 316 Å². The Balaban J connectivity index is 4.12. The summed E-state index contributed by atoms with van der Waals surface area (Å²) in [5.74, 6) is -0.205. The molecule has 0 saturated carbocycles. The smallest absolute Gasteiger partial charge is 0.268 e. The molecule has 0 aromatic carbocycles. The maximum absolute atomic E-state index is 13.1. The molecule has 0 aliphatic rings. The molecule has 0 aromatic heterocycles. The summed E-state index contributed by atoms with van der Waals surface area (Å²) in [5.41, 5.74) is 0. The number of unbranched alkanes of at least 4 members (excludes halogenated alkanes) is 35. The van der Waals surface area contributed by atoms with Crippen LogP contribution in [-0.4, -0.2) is 68.5 Å². The van der Waals surface area contributed by atoms with Gasteiger partial charge in [0, 0.05) is 6.42 Å². The number of allylic oxidation sites excluding steroid dienone is 19. The molecule has 0 rings (SSSR count). The van der Waals surface area contributed by atoms with E-state index in [9.17, 15) is 19.4 Å². The molecule has 0 radical (unpaired) electrons. The van der Waals surface area contributed by atoms with Crippen LogP contribution in [0, 0.1) is 0 Å². The second-order valence-corrected chi connectivity index (χ2v) is 27.0. The van der Waals surface area contributed by atoms with E-state index >= 15 is 0 Å². The standard InChI is InChI=1S/C78H139N2O6P/c1-6-8-10-12-14-16-18-20-22-24-26-28-30-32-34-36-37-38-39-40-41-42-43-44-46-48-50-52-54-56-58-60-62-64-66-68-70-72-78(82)79-76(75-86-87(83,84)85-74-73-80(3,4)5)77(81)71-69-67-65-63-61-59-57-55-53-51-49-47-45-35-33-31-29-27-25-23-21-19-17-15-13-11-9-7-2/h8,10,14,16,20,22,26,28,32,34,37-38,40-41,43-44,48,50,69,71,76-77,81H,6-7,9,11-13,15,17-19,21,23-25,27,29-31,33,35-36,39,42,45-47,49,51-68,70,72-75H2,1-5H3,(H-,79,82,83,84)/b10-8-,16-14-,22-20-,28-26-,34-32-,38-37-,41-40-,44-43-,50-48-,71-69+. The topological polar surface area (TPSA) is 108 Å². The number of likely N-dealkylation sites (N-methyl/N-ethyl adjacent to an activating group) is 1. The predicted molar refractivity (Wildman–Crippen MR) is 380 cm³/mol. The van der Waals surface area contributed by atoms with Crippen molar-refractivity contribution in [3.8, 4) is 0 Å². The molecule has 0 bridgehead atoms. The first kappa shape index (κ1) is 83.9. The number of carbonyl (C=O) groups excluding carboxylic acids is 1. The number of quaternary nitrogens is 1. The van der Waals surface area contributed by atoms with Gasteiger partial charge >= 0.3 is 0 Å². The first-order valence-corrected chi connectivity index (χ1v) is 37.9. The van der Waals surface area contributed by atoms with Crippen LogP contribution in [0.4, 0.5) is 0 Å². The van der Waals surface area contributed by atoms with E-state index in [0.29, 0.717) is 17.4 Å². The summed E-state index contributed by atoms with van der Waals surface area (Å²) >= 11 is 0. The normalized spacial score (nSPS) is 14.3. The molecular formula is C78H139N2O6P. The highest BCUT2D eigenvalue weighted by molar-refractivity contribution is 7.45. The van der Waals surface area contributed by atoms with Crippen LogP contribution >= 0.6 is 7.82 Å². The van der Waals surface area contributed by atoms with Gasteiger partial charge in [0.2, 0.25) is 5.91 Å². The fourth-order valence-electron chi connectivity index (χ4n) is 10.3. The quantitative estimate of drug-likeness (QED) is 0.0272. The largest absolute Gasteiger partial charge is 0.756 e. The first-order valence-electron chi connectivity index (χ1n) is 36.4. The molecule has 3 atom stereocenters. The molecule has 0 aromatic rings. The Morgan fingerprint density at radius 3 is 1.02 bits per heavy atom. The van der Waals surface area contributed by atoms with E-state index < -0.39 is 20.0 Å². The van der Waals surface area contributed by atoms with Gasteiger partial charge in [-0.3, -0.25) is 9.36 Å². The molecule has 0 fully saturated rings. The van der Waals surface area contributed by atoms with Crippen molar-refractivity contribution in [2.75, 3.05) is 40.9 Å². The van der Waals surface area contributed by atoms with Crippen molar-refractivity contribution in [3.63, 3.8) is 0 Å². The Hall–Kier alpha value is -3.10. The van der Waals surface area contributed by atoms with Crippen molar-refractivity contribution >= 4 is 13.7 Å². The molecule has 9 heteroatoms. The average Bonchev–Trinajstić information content (AvgIpc) is 3.70. The van der Waals surface area contributed by atoms with Gasteiger partial charge in [0.15, 0.2) is 0 Å². The highest BCUT2D eigenvalue weighted by Gasteiger charge is 2.23. The summed E-state index contributed by atoms with van der Waals surface area (Å²) in [4.78, 5) is 25.7. The average molecular weight is 1230 g/mol. The monoisotopic (exact) mass is 1230 g/mol. The fraction of sp³-hybridized carbons (Fsp3) is 0.731. The minimum atomic E-state index is -4.61. The molecule has 0 heterocycles. The second kappa shape index (κ2) is 67.3. The van der Waals surface area contributed by atoms with Crippen molar-refractivity contribution < 1.29 is 32.9 Å². The maximum atomic E-state index is 13.1. The number of hydrogen-bond donors (Lipinski definition) is 2. The van der Waals surface area contributed by atoms with E-state index in [1.807, 2.05) is 27.2 Å². The minimum absolute atomic E-state index is 0.00714. The van der Waals surface area contributed by atoms with Gasteiger partial charge in [0.05, 0.1) is 39.9 Å². The number of carbonyl (C=O) groups is 1. The van der Waals surface area contributed by atoms with Crippen molar-refractivity contribution in [1.82, 2.24) is 5.32 Å². The molecule has 502 valence electrons. The van der Waals surface area contributed by atoms with Crippen LogP contribution in [0.2, 0.25) is 0 Å². The second-order valence-electron chi connectivity index (χ2n) is 25.6. The van der Waals surface area contributed by atoms with Crippen LogP contribution in [0.15, 0.2) is 122 Å². The third-order valence-electron chi connectivity index (χ3n) is 15.9. The molecule has 3 unspecified atom stereocenters. The summed E-state index contributed by atoms with van der Waals surface area (Å²) < 4.78 is 23.5. The molecule has 87 heavy (non-hydrogen) atoms. The highest BCUT2D eigenvalue weighted by Crippen LogP contribution is 2.38. The zero-order chi connectivity index (χ0) is 63.4. The molecule has 1 amide bonds. The van der Waals surface area contributed by atoms with Crippen LogP contribution in [0.5, 0.6) is 0 Å². The molecule has 0 saturated heterocycles. The zero-order valence-corrected chi connectivity index (χ0v) is 58.3. The summed E-state index contributed by atoms with van der Waals surface area (Å²) in [5, 5.41) is 14.0. The maximum Gasteiger partial charge on any atom is 0.268 e. The lowest BCUT2D eigenvalue weighted by Gasteiger charge is -2.29. The molecule has 2 N–H and O–H groups in total. The van der Waals surface area contributed by atoms with Gasteiger partial charge in [-0.2, -0.15) is 0 Å². The molecular weight excluding hydrogens is 1090 g/mol. The molecule has 8 nitrogen and oxygen atoms in total. The Bertz CT molecular complexity index is 1840. The van der Waals surface area contributed by atoms with Gasteiger partial charge < -0.3 is 28.8 Å². The number of nitrogens with zero attached hydrogens (tertiary/aromatic N) is 1. The molecule has 0 aliphatic heterocycles. The Morgan fingerprint density at radius 2 is 0.701 bits per heavy atom. The van der Waals surface area contributed by atoms with E-state index in [2.05, 4.69) is 129 Å². The lowest BCUT2D eigenvalue weighted by atomic mass is 10.0. The van der Waals surface area contributed by atoms with Crippen LogP contribution in [0.3, 0.4) is 0 Å². The Labute approximate surface area is 539 Å². The summed E-state index contributed by atoms with van der Waals surface area (Å²) in [6, 6.07) is -0.900. The number of hydrogen-bond acceptors (Lipinski definition) is 6. The SMILES string of the molecule is CC/C=C\C/C=C\C/C=C\C/C=C\C/C=C\C/C=C\C/C=C\C/C=C\C/C=C\CCCCCCCCCCCC(=O)NC(COP(=O)([O-])OCC[N+](C)(C)C)C(O)/C=C/CCCCCCCCCCCCCCCCCCCCCCCCCCCC. The van der Waals surface area contributed by atoms with Gasteiger partial charge in [-0.05, 0) is 89.9 Å². The van der Waals surface area contributed by atoms with Gasteiger partial charge in [-0.1, -0.05) is 341 Å². The van der Waals surface area contributed by atoms with Gasteiger partial charge in [0.1, 0.15) is 13.2 Å². The number of phosphoric acid groups is 1. The minimum Gasteiger partial charge on any atom is -0.756 e. The van der Waals surface area contributed by atoms with Crippen LogP contribution in [-0.2, 0) is 18.4 Å². The van der Waals surface area contributed by atoms with Crippen molar-refractivity contribution in [2.24, 2.45) is 0 Å². The van der Waals surface area contributed by atoms with Crippen molar-refractivity contribution in [2.45, 2.75) is 328 Å². The zero-order valence-electron chi connectivity index (χ0n) is 57.4. The molecule has 0 spiro atoms. The summed E-state index contributed by atoms with van der Waals surface area (Å²) in [6.07, 6.45) is 100. The number of rotatable bonds is 66. The third kappa shape index (κ3) is 70.2. The van der Waals surface area contributed by atoms with E-state index in [1.165, 1.54) is 186 Å². The fourth-order valence-corrected chi connectivity index (χ4v) is 11.0. The molecule has 0 aliphatic carbocycles. The van der Waals surface area contributed by atoms with Gasteiger partial charge in [0.25, 0.3) is 7.82 Å². The van der Waals surface area contributed by atoms with E-state index in [1.54, 1.807) is 6.08 Å². The number of nitrogens with one attached hydrogen (secondary N) is 1. The number of aliphatic hydroxyl groups excluding tert-OH is 1. The summed E-state index contributed by atoms with van der Waals surface area (Å²) in [6.45, 7) is 4.56. The summed E-state index contributed by atoms with van der Waals surface area (Å²) in [7, 11) is 1.25. The lowest BCUT2D eigenvalue weighted by molar-refractivity contribution is -0.870. The number of amides is 1. The van der Waals surface area contributed by atoms with E-state index in [0.717, 1.165) is 109 Å². The van der Waals surface area contributed by atoms with Crippen LogP contribution in [0.25, 0.3) is 0 Å². The third-order valence-corrected chi connectivity index (χ3v) is 16.9. The van der Waals surface area contributed by atoms with E-state index in [4.69, 9.17) is 9.05 Å². The van der Waals surface area contributed by atoms with Gasteiger partial charge in [-0.25, -0.2) is 0 Å². The number of aliphatic hydroxyl groups is 1. The van der Waals surface area contributed by atoms with Crippen molar-refractivity contribution in [3.05, 3.63) is 122 Å². The lowest BCUT2D eigenvalue weighted by Crippen LogP contribution is -2.45. The first-order chi connectivity index (χ1) is 42.5. The number of phosphoric ester groups is 1. The van der Waals surface area contributed by atoms with E-state index in [-0.39, 0.29) is 19.1 Å². The van der Waals surface area contributed by atoms with Crippen molar-refractivity contribution in [1.29, 1.82) is 0 Å². The Morgan fingerprint density at radius 1 is 0.414 bits per heavy atom.